The molecule has 1 aromatic rings. The van der Waals surface area contributed by atoms with Crippen molar-refractivity contribution in [3.63, 3.8) is 0 Å². The summed E-state index contributed by atoms with van der Waals surface area (Å²) in [5.74, 6) is 0.595. The summed E-state index contributed by atoms with van der Waals surface area (Å²) in [5, 5.41) is 12.6. The van der Waals surface area contributed by atoms with Crippen LogP contribution >= 0.6 is 0 Å². The molecule has 14 heavy (non-hydrogen) atoms. The Morgan fingerprint density at radius 1 is 1.57 bits per heavy atom. The topological polar surface area (TPSA) is 67.5 Å². The number of nitrogens with one attached hydrogen (secondary N) is 1. The van der Waals surface area contributed by atoms with E-state index in [-0.39, 0.29) is 0 Å². The van der Waals surface area contributed by atoms with Crippen molar-refractivity contribution in [1.82, 2.24) is 5.32 Å². The van der Waals surface area contributed by atoms with Crippen LogP contribution < -0.4 is 15.8 Å². The van der Waals surface area contributed by atoms with E-state index in [1.807, 2.05) is 6.07 Å². The molecule has 0 aliphatic heterocycles. The molecule has 0 spiro atoms. The van der Waals surface area contributed by atoms with Gasteiger partial charge in [-0.05, 0) is 13.1 Å². The van der Waals surface area contributed by atoms with E-state index in [0.29, 0.717) is 23.5 Å². The van der Waals surface area contributed by atoms with Crippen LogP contribution in [0.3, 0.4) is 0 Å². The SMILES string of the molecule is CNCC(O)c1cccc(OC)c1N. The Bertz CT molecular complexity index is 302. The van der Waals surface area contributed by atoms with Crippen LogP contribution in [0.15, 0.2) is 18.2 Å². The van der Waals surface area contributed by atoms with Gasteiger partial charge in [-0.15, -0.1) is 0 Å². The number of hydrogen-bond acceptors (Lipinski definition) is 4. The monoisotopic (exact) mass is 196 g/mol. The molecule has 0 heterocycles. The minimum Gasteiger partial charge on any atom is -0.495 e. The van der Waals surface area contributed by atoms with Crippen molar-refractivity contribution >= 4 is 5.69 Å². The molecule has 0 fully saturated rings. The lowest BCUT2D eigenvalue weighted by atomic mass is 10.1. The molecule has 4 heteroatoms. The second kappa shape index (κ2) is 4.83. The van der Waals surface area contributed by atoms with Gasteiger partial charge in [-0.1, -0.05) is 12.1 Å². The fourth-order valence-electron chi connectivity index (χ4n) is 1.33. The van der Waals surface area contributed by atoms with Crippen LogP contribution in [0, 0.1) is 0 Å². The number of benzene rings is 1. The van der Waals surface area contributed by atoms with Crippen LogP contribution in [-0.2, 0) is 0 Å². The molecule has 0 radical (unpaired) electrons. The summed E-state index contributed by atoms with van der Waals surface area (Å²) < 4.78 is 5.06. The fraction of sp³-hybridized carbons (Fsp3) is 0.400. The smallest absolute Gasteiger partial charge is 0.142 e. The molecule has 0 aliphatic rings. The number of anilines is 1. The van der Waals surface area contributed by atoms with Gasteiger partial charge < -0.3 is 20.9 Å². The van der Waals surface area contributed by atoms with Crippen molar-refractivity contribution in [1.29, 1.82) is 0 Å². The average Bonchev–Trinajstić information content (AvgIpc) is 2.18. The van der Waals surface area contributed by atoms with Gasteiger partial charge in [-0.2, -0.15) is 0 Å². The highest BCUT2D eigenvalue weighted by Gasteiger charge is 2.12. The van der Waals surface area contributed by atoms with Gasteiger partial charge in [-0.3, -0.25) is 0 Å². The van der Waals surface area contributed by atoms with Gasteiger partial charge in [-0.25, -0.2) is 0 Å². The van der Waals surface area contributed by atoms with Gasteiger partial charge in [0.25, 0.3) is 0 Å². The molecule has 4 N–H and O–H groups in total. The molecule has 0 saturated heterocycles. The lowest BCUT2D eigenvalue weighted by molar-refractivity contribution is 0.178. The molecule has 1 unspecified atom stereocenters. The number of rotatable bonds is 4. The standard InChI is InChI=1S/C10H16N2O2/c1-12-6-8(13)7-4-3-5-9(14-2)10(7)11/h3-5,8,12-13H,6,11H2,1-2H3. The lowest BCUT2D eigenvalue weighted by Crippen LogP contribution is -2.17. The van der Waals surface area contributed by atoms with Crippen LogP contribution in [0.25, 0.3) is 0 Å². The minimum absolute atomic E-state index is 0.470. The Hall–Kier alpha value is -1.26. The Kier molecular flexibility index (Phi) is 3.73. The third-order valence-corrected chi connectivity index (χ3v) is 2.08. The lowest BCUT2D eigenvalue weighted by Gasteiger charge is -2.14. The summed E-state index contributed by atoms with van der Waals surface area (Å²) in [5.41, 5.74) is 7.00. The molecule has 1 aromatic carbocycles. The highest BCUT2D eigenvalue weighted by atomic mass is 16.5. The van der Waals surface area contributed by atoms with Crippen LogP contribution in [-0.4, -0.2) is 25.8 Å². The Morgan fingerprint density at radius 2 is 2.29 bits per heavy atom. The third-order valence-electron chi connectivity index (χ3n) is 2.08. The first kappa shape index (κ1) is 10.8. The van der Waals surface area contributed by atoms with E-state index in [0.717, 1.165) is 0 Å². The molecule has 0 aliphatic carbocycles. The first-order chi connectivity index (χ1) is 6.70. The maximum absolute atomic E-state index is 9.72. The first-order valence-electron chi connectivity index (χ1n) is 4.45. The molecule has 0 bridgehead atoms. The Balaban J connectivity index is 2.96. The van der Waals surface area contributed by atoms with E-state index in [2.05, 4.69) is 5.32 Å². The van der Waals surface area contributed by atoms with Gasteiger partial charge in [0.15, 0.2) is 0 Å². The van der Waals surface area contributed by atoms with E-state index in [1.165, 1.54) is 0 Å². The van der Waals surface area contributed by atoms with Crippen molar-refractivity contribution in [3.05, 3.63) is 23.8 Å². The number of hydrogen-bond donors (Lipinski definition) is 3. The number of para-hydroxylation sites is 1. The van der Waals surface area contributed by atoms with E-state index >= 15 is 0 Å². The number of aliphatic hydroxyl groups excluding tert-OH is 1. The van der Waals surface area contributed by atoms with Crippen LogP contribution in [0.1, 0.15) is 11.7 Å². The van der Waals surface area contributed by atoms with Crippen molar-refractivity contribution in [2.75, 3.05) is 26.4 Å². The van der Waals surface area contributed by atoms with Crippen LogP contribution in [0.2, 0.25) is 0 Å². The number of likely N-dealkylation sites (N-methyl/N-ethyl adjacent to an activating group) is 1. The van der Waals surface area contributed by atoms with E-state index < -0.39 is 6.10 Å². The second-order valence-corrected chi connectivity index (χ2v) is 3.04. The van der Waals surface area contributed by atoms with Crippen molar-refractivity contribution < 1.29 is 9.84 Å². The van der Waals surface area contributed by atoms with Crippen molar-refractivity contribution in [2.45, 2.75) is 6.10 Å². The molecular formula is C10H16N2O2. The van der Waals surface area contributed by atoms with E-state index in [1.54, 1.807) is 26.3 Å². The summed E-state index contributed by atoms with van der Waals surface area (Å²) in [4.78, 5) is 0. The molecule has 0 aromatic heterocycles. The van der Waals surface area contributed by atoms with Gasteiger partial charge in [0.05, 0.1) is 18.9 Å². The highest BCUT2D eigenvalue weighted by Crippen LogP contribution is 2.28. The van der Waals surface area contributed by atoms with E-state index in [4.69, 9.17) is 10.5 Å². The number of methoxy groups -OCH3 is 1. The summed E-state index contributed by atoms with van der Waals surface area (Å²) >= 11 is 0. The van der Waals surface area contributed by atoms with Gasteiger partial charge in [0, 0.05) is 12.1 Å². The van der Waals surface area contributed by atoms with Crippen LogP contribution in [0.5, 0.6) is 5.75 Å². The molecule has 1 atom stereocenters. The predicted octanol–water partition coefficient (Wildman–Crippen LogP) is 0.530. The zero-order valence-corrected chi connectivity index (χ0v) is 8.45. The predicted molar refractivity (Wildman–Crippen MR) is 56.3 cm³/mol. The van der Waals surface area contributed by atoms with Gasteiger partial charge >= 0.3 is 0 Å². The number of aliphatic hydroxyl groups is 1. The summed E-state index contributed by atoms with van der Waals surface area (Å²) in [6, 6.07) is 5.37. The van der Waals surface area contributed by atoms with Crippen molar-refractivity contribution in [3.8, 4) is 5.75 Å². The first-order valence-corrected chi connectivity index (χ1v) is 4.45. The zero-order chi connectivity index (χ0) is 10.6. The van der Waals surface area contributed by atoms with Gasteiger partial charge in [0.1, 0.15) is 5.75 Å². The molecule has 78 valence electrons. The highest BCUT2D eigenvalue weighted by molar-refractivity contribution is 5.59. The van der Waals surface area contributed by atoms with Crippen LogP contribution in [0.4, 0.5) is 5.69 Å². The maximum Gasteiger partial charge on any atom is 0.142 e. The normalized spacial score (nSPS) is 12.5. The Morgan fingerprint density at radius 3 is 2.86 bits per heavy atom. The summed E-state index contributed by atoms with van der Waals surface area (Å²) in [6.45, 7) is 0.470. The van der Waals surface area contributed by atoms with Gasteiger partial charge in [0.2, 0.25) is 0 Å². The second-order valence-electron chi connectivity index (χ2n) is 3.04. The number of nitrogens with two attached hydrogens (primary N) is 1. The fourth-order valence-corrected chi connectivity index (χ4v) is 1.33. The summed E-state index contributed by atoms with van der Waals surface area (Å²) in [6.07, 6.45) is -0.602. The molecule has 0 amide bonds. The molecule has 1 rings (SSSR count). The largest absolute Gasteiger partial charge is 0.495 e. The minimum atomic E-state index is -0.602. The zero-order valence-electron chi connectivity index (χ0n) is 8.45. The maximum atomic E-state index is 9.72. The Labute approximate surface area is 83.7 Å². The molecular weight excluding hydrogens is 180 g/mol. The molecule has 0 saturated carbocycles. The molecule has 4 nitrogen and oxygen atoms in total. The number of ether oxygens (including phenoxy) is 1. The quantitative estimate of drug-likeness (QED) is 0.614. The van der Waals surface area contributed by atoms with E-state index in [9.17, 15) is 5.11 Å². The summed E-state index contributed by atoms with van der Waals surface area (Å²) in [7, 11) is 3.33. The number of nitrogen functional groups attached to an aromatic ring is 1. The van der Waals surface area contributed by atoms with Crippen molar-refractivity contribution in [2.24, 2.45) is 0 Å². The third kappa shape index (κ3) is 2.16. The average molecular weight is 196 g/mol.